The number of nitrogens with two attached hydrogens (primary N) is 2. The Kier molecular flexibility index (Phi) is 22.3. The Morgan fingerprint density at radius 1 is 0.505 bits per heavy atom. The standard InChI is InChI=1S/C36H53N5O7.C33H55N5O7/c1-19(21-13-11-10-12-14-21)48-32(46)28(35(5,6)7)40-33(47)39-27(34(2,3)4)31(45)41-18-22-24(36(22,8)9)25(41)30(44)38-23(17-20-15-16-20)26(42)29(37)43;1-30(2,3)16-45-28(43)24(32(7,8)9)37-29(44)36-23(31(4,5)6)27(42)38-15-18-20(33(18,10)11)21(38)26(41)35-19(14-17-12-13-17)22(39)25(34)40/h10-14,19-20,22-25,27-28H,15-18H2,1-9H3,(H2,37,43)(H,38,44)(H2,39,40,47);17-21,23-24H,12-16H2,1-11H3,(H2,34,40)(H,35,41)(H2,36,37,44)/t19-,22+,23?,24+,25+,27-,28-;18-,19?,20-,21-,23+,24+/m10/s1. The number of amides is 10. The number of hydrogen-bond donors (Lipinski definition) is 8. The van der Waals surface area contributed by atoms with Crippen molar-refractivity contribution in [2.75, 3.05) is 19.7 Å². The van der Waals surface area contributed by atoms with Crippen LogP contribution in [0, 0.1) is 73.4 Å². The van der Waals surface area contributed by atoms with Crippen LogP contribution in [0.25, 0.3) is 0 Å². The molecule has 24 heteroatoms. The molecule has 2 unspecified atom stereocenters. The van der Waals surface area contributed by atoms with E-state index in [4.69, 9.17) is 20.9 Å². The maximum Gasteiger partial charge on any atom is 0.329 e. The summed E-state index contributed by atoms with van der Waals surface area (Å²) in [6.07, 6.45) is 3.74. The van der Waals surface area contributed by atoms with E-state index in [0.29, 0.717) is 25.9 Å². The van der Waals surface area contributed by atoms with Gasteiger partial charge in [-0.25, -0.2) is 19.2 Å². The number of piperidine rings is 2. The Labute approximate surface area is 549 Å². The maximum atomic E-state index is 14.3. The predicted octanol–water partition coefficient (Wildman–Crippen LogP) is 5.77. The molecule has 10 amide bonds. The van der Waals surface area contributed by atoms with Gasteiger partial charge in [-0.3, -0.25) is 38.4 Å². The topological polar surface area (TPSA) is 354 Å². The van der Waals surface area contributed by atoms with Crippen LogP contribution < -0.4 is 43.4 Å². The molecule has 1 aromatic carbocycles. The average Bonchev–Trinajstić information content (AvgIpc) is 1.53. The second kappa shape index (κ2) is 27.7. The molecule has 0 bridgehead atoms. The highest BCUT2D eigenvalue weighted by Gasteiger charge is 2.71. The molecule has 4 saturated carbocycles. The Morgan fingerprint density at radius 3 is 1.15 bits per heavy atom. The van der Waals surface area contributed by atoms with E-state index in [9.17, 15) is 57.5 Å². The van der Waals surface area contributed by atoms with Crippen LogP contribution in [-0.4, -0.2) is 149 Å². The van der Waals surface area contributed by atoms with Gasteiger partial charge in [-0.2, -0.15) is 0 Å². The fourth-order valence-electron chi connectivity index (χ4n) is 13.2. The molecule has 0 aromatic heterocycles. The van der Waals surface area contributed by atoms with Gasteiger partial charge >= 0.3 is 24.0 Å². The normalized spacial score (nSPS) is 24.1. The van der Waals surface area contributed by atoms with Crippen LogP contribution in [0.4, 0.5) is 9.59 Å². The van der Waals surface area contributed by atoms with Gasteiger partial charge in [0.25, 0.3) is 11.8 Å². The van der Waals surface area contributed by atoms with Gasteiger partial charge in [0.05, 0.1) is 18.7 Å². The summed E-state index contributed by atoms with van der Waals surface area (Å²) in [5.74, 6) is -6.75. The van der Waals surface area contributed by atoms with Crippen molar-refractivity contribution in [1.82, 2.24) is 41.7 Å². The monoisotopic (exact) mass is 1300 g/mol. The van der Waals surface area contributed by atoms with Crippen molar-refractivity contribution in [3.05, 3.63) is 35.9 Å². The van der Waals surface area contributed by atoms with Gasteiger partial charge in [-0.15, -0.1) is 0 Å². The lowest BCUT2D eigenvalue weighted by Gasteiger charge is -2.38. The summed E-state index contributed by atoms with van der Waals surface area (Å²) in [5.41, 5.74) is 7.77. The number of nitrogens with zero attached hydrogens (tertiary/aromatic N) is 2. The van der Waals surface area contributed by atoms with Gasteiger partial charge < -0.3 is 62.6 Å². The zero-order valence-electron chi connectivity index (χ0n) is 58.7. The van der Waals surface area contributed by atoms with Crippen molar-refractivity contribution in [2.24, 2.45) is 84.9 Å². The third-order valence-electron chi connectivity index (χ3n) is 19.5. The summed E-state index contributed by atoms with van der Waals surface area (Å²) in [6, 6.07) is -0.189. The third kappa shape index (κ3) is 18.6. The molecule has 7 rings (SSSR count). The molecule has 13 atom stereocenters. The quantitative estimate of drug-likeness (QED) is 0.0477. The first-order chi connectivity index (χ1) is 42.5. The van der Waals surface area contributed by atoms with Crippen LogP contribution in [-0.2, 0) is 57.4 Å². The molecule has 2 saturated heterocycles. The molecule has 10 N–H and O–H groups in total. The fourth-order valence-corrected chi connectivity index (χ4v) is 13.2. The van der Waals surface area contributed by atoms with Gasteiger partial charge in [0.1, 0.15) is 42.4 Å². The minimum Gasteiger partial charge on any atom is -0.464 e. The van der Waals surface area contributed by atoms with E-state index in [0.717, 1.165) is 31.2 Å². The van der Waals surface area contributed by atoms with Crippen molar-refractivity contribution in [2.45, 2.75) is 231 Å². The number of benzene rings is 1. The number of rotatable bonds is 23. The van der Waals surface area contributed by atoms with E-state index in [1.165, 1.54) is 9.80 Å². The number of esters is 2. The first kappa shape index (κ1) is 74.9. The minimum absolute atomic E-state index is 0.0482. The number of ketones is 2. The number of nitrogens with one attached hydrogen (secondary N) is 6. The molecule has 0 radical (unpaired) electrons. The SMILES string of the molecule is CC(C)(C)COC(=O)[C@@H](NC(=O)N[C@H](C(=O)N1C[C@H]2[C@@H]([C@H]1C(=O)NC(CC1CC1)C(=O)C(N)=O)C2(C)C)C(C)(C)C)C(C)(C)C.C[C@@H](OC(=O)[C@@H](NC(=O)N[C@H](C(=O)N1C[C@H]2[C@@H]([C@H]1C(=O)NC(CC1CC1)C(=O)C(N)=O)C2(C)C)C(C)(C)C)C(C)(C)C)c1ccccc1. The molecule has 24 nitrogen and oxygen atoms in total. The summed E-state index contributed by atoms with van der Waals surface area (Å²) in [4.78, 5) is 161. The van der Waals surface area contributed by atoms with Crippen LogP contribution in [0.1, 0.15) is 189 Å². The molecule has 2 heterocycles. The summed E-state index contributed by atoms with van der Waals surface area (Å²) >= 11 is 0. The number of ether oxygens (including phenoxy) is 2. The van der Waals surface area contributed by atoms with Crippen LogP contribution in [0.3, 0.4) is 0 Å². The number of fused-ring (bicyclic) bond motifs is 2. The first-order valence-corrected chi connectivity index (χ1v) is 33.0. The molecule has 6 aliphatic rings. The number of urea groups is 2. The molecule has 1 aromatic rings. The molecule has 4 aliphatic carbocycles. The summed E-state index contributed by atoms with van der Waals surface area (Å²) in [5, 5.41) is 16.6. The second-order valence-electron chi connectivity index (χ2n) is 33.8. The molecule has 6 fully saturated rings. The highest BCUT2D eigenvalue weighted by atomic mass is 16.5. The lowest BCUT2D eigenvalue weighted by Crippen LogP contribution is -2.62. The van der Waals surface area contributed by atoms with Crippen molar-refractivity contribution in [3.63, 3.8) is 0 Å². The van der Waals surface area contributed by atoms with Crippen LogP contribution in [0.5, 0.6) is 0 Å². The van der Waals surface area contributed by atoms with Gasteiger partial charge in [-0.1, -0.05) is 188 Å². The van der Waals surface area contributed by atoms with E-state index in [1.54, 1.807) is 48.5 Å². The van der Waals surface area contributed by atoms with Crippen molar-refractivity contribution in [1.29, 1.82) is 0 Å². The summed E-state index contributed by atoms with van der Waals surface area (Å²) < 4.78 is 11.3. The summed E-state index contributed by atoms with van der Waals surface area (Å²) in [6.45, 7) is 38.2. The minimum atomic E-state index is -1.11. The zero-order valence-corrected chi connectivity index (χ0v) is 58.7. The third-order valence-corrected chi connectivity index (χ3v) is 19.5. The van der Waals surface area contributed by atoms with E-state index < -0.39 is 147 Å². The highest BCUT2D eigenvalue weighted by molar-refractivity contribution is 6.38. The Bertz CT molecular complexity index is 3030. The van der Waals surface area contributed by atoms with Crippen molar-refractivity contribution >= 4 is 71.0 Å². The number of likely N-dealkylation sites (tertiary alicyclic amines) is 2. The van der Waals surface area contributed by atoms with E-state index in [1.807, 2.05) is 120 Å². The second-order valence-corrected chi connectivity index (χ2v) is 33.8. The van der Waals surface area contributed by atoms with E-state index >= 15 is 0 Å². The molecule has 2 aliphatic heterocycles. The highest BCUT2D eigenvalue weighted by Crippen LogP contribution is 2.66. The molecular formula is C69H108N10O14. The number of Topliss-reactive ketones (excluding diaryl/α,β-unsaturated/α-hetero) is 2. The van der Waals surface area contributed by atoms with E-state index in [2.05, 4.69) is 31.9 Å². The Morgan fingerprint density at radius 2 is 0.839 bits per heavy atom. The number of primary amides is 2. The average molecular weight is 1300 g/mol. The molecule has 93 heavy (non-hydrogen) atoms. The van der Waals surface area contributed by atoms with Crippen molar-refractivity contribution < 1.29 is 67.0 Å². The lowest BCUT2D eigenvalue weighted by molar-refractivity contribution is -0.154. The van der Waals surface area contributed by atoms with Gasteiger partial charge in [0.15, 0.2) is 0 Å². The smallest absolute Gasteiger partial charge is 0.329 e. The largest absolute Gasteiger partial charge is 0.464 e. The predicted molar refractivity (Wildman–Crippen MR) is 347 cm³/mol. The van der Waals surface area contributed by atoms with Gasteiger partial charge in [-0.05, 0) is 98.7 Å². The maximum absolute atomic E-state index is 14.3. The number of carbonyl (C=O) groups excluding carboxylic acids is 12. The van der Waals surface area contributed by atoms with Crippen LogP contribution in [0.2, 0.25) is 0 Å². The first-order valence-electron chi connectivity index (χ1n) is 33.0. The number of carbonyl (C=O) groups is 12. The number of hydrogen-bond acceptors (Lipinski definition) is 14. The van der Waals surface area contributed by atoms with Gasteiger partial charge in [0.2, 0.25) is 35.2 Å². The fraction of sp³-hybridized carbons (Fsp3) is 0.739. The molecular weight excluding hydrogens is 1190 g/mol. The van der Waals surface area contributed by atoms with Gasteiger partial charge in [0, 0.05) is 13.1 Å². The van der Waals surface area contributed by atoms with Crippen molar-refractivity contribution in [3.8, 4) is 0 Å². The van der Waals surface area contributed by atoms with Crippen LogP contribution >= 0.6 is 0 Å². The van der Waals surface area contributed by atoms with E-state index in [-0.39, 0.29) is 58.4 Å². The Hall–Kier alpha value is -7.14. The summed E-state index contributed by atoms with van der Waals surface area (Å²) in [7, 11) is 0. The molecule has 0 spiro atoms. The van der Waals surface area contributed by atoms with Crippen LogP contribution in [0.15, 0.2) is 30.3 Å². The Balaban J connectivity index is 0.000000296. The lowest BCUT2D eigenvalue weighted by atomic mass is 9.85. The zero-order chi connectivity index (χ0) is 70.4. The molecule has 518 valence electrons.